The molecule has 0 aliphatic carbocycles. The molecule has 20 heavy (non-hydrogen) atoms. The highest BCUT2D eigenvalue weighted by Crippen LogP contribution is 2.27. The van der Waals surface area contributed by atoms with E-state index in [1.165, 1.54) is 13.0 Å². The van der Waals surface area contributed by atoms with Crippen molar-refractivity contribution < 1.29 is 24.2 Å². The Kier molecular flexibility index (Phi) is 6.48. The fraction of sp³-hybridized carbons (Fsp3) is 0.714. The number of β-lactam (4-membered cyclic amide) rings is 1. The highest BCUT2D eigenvalue weighted by Gasteiger charge is 2.45. The topological polar surface area (TPSA) is 83.9 Å². The lowest BCUT2D eigenvalue weighted by molar-refractivity contribution is -0.158. The lowest BCUT2D eigenvalue weighted by atomic mass is 9.94. The number of imide groups is 1. The van der Waals surface area contributed by atoms with Crippen molar-refractivity contribution in [3.8, 4) is 0 Å². The Balaban J connectivity index is 2.19. The summed E-state index contributed by atoms with van der Waals surface area (Å²) in [7, 11) is 0. The number of hydrogen-bond donors (Lipinski definition) is 1. The molecule has 0 spiro atoms. The quantitative estimate of drug-likeness (QED) is 0.421. The molecule has 1 saturated heterocycles. The van der Waals surface area contributed by atoms with Crippen LogP contribution in [0, 0.1) is 12.5 Å². The van der Waals surface area contributed by atoms with Gasteiger partial charge in [-0.1, -0.05) is 32.6 Å². The SMILES string of the molecule is CCCCCCCC(=O)OC(C)C1[CH]N(C(=O)O)C1=O. The van der Waals surface area contributed by atoms with E-state index in [-0.39, 0.29) is 5.97 Å². The van der Waals surface area contributed by atoms with Gasteiger partial charge in [0, 0.05) is 6.42 Å². The average molecular weight is 284 g/mol. The minimum atomic E-state index is -1.30. The Hall–Kier alpha value is -1.59. The molecule has 1 aliphatic heterocycles. The van der Waals surface area contributed by atoms with Crippen LogP contribution >= 0.6 is 0 Å². The lowest BCUT2D eigenvalue weighted by Gasteiger charge is -2.36. The molecule has 1 heterocycles. The third-order valence-electron chi connectivity index (χ3n) is 3.35. The highest BCUT2D eigenvalue weighted by molar-refractivity contribution is 6.00. The van der Waals surface area contributed by atoms with Crippen LogP contribution in [0.2, 0.25) is 0 Å². The zero-order chi connectivity index (χ0) is 15.1. The lowest BCUT2D eigenvalue weighted by Crippen LogP contribution is -2.55. The molecule has 2 atom stereocenters. The van der Waals surface area contributed by atoms with Gasteiger partial charge in [0.1, 0.15) is 6.10 Å². The fourth-order valence-electron chi connectivity index (χ4n) is 2.07. The first kappa shape index (κ1) is 16.5. The van der Waals surface area contributed by atoms with Crippen LogP contribution in [0.3, 0.4) is 0 Å². The summed E-state index contributed by atoms with van der Waals surface area (Å²) in [6.45, 7) is 5.00. The van der Waals surface area contributed by atoms with Gasteiger partial charge in [-0.2, -0.15) is 0 Å². The molecule has 1 aliphatic rings. The van der Waals surface area contributed by atoms with Gasteiger partial charge in [0.25, 0.3) is 0 Å². The van der Waals surface area contributed by atoms with Crippen LogP contribution in [-0.2, 0) is 14.3 Å². The maximum absolute atomic E-state index is 11.6. The standard InChI is InChI=1S/C14H22NO5/c1-3-4-5-6-7-8-12(16)20-10(2)11-9-15(13(11)17)14(18)19/h9-11H,3-8H2,1-2H3,(H,18,19). The first-order valence-electron chi connectivity index (χ1n) is 7.07. The molecule has 6 heteroatoms. The van der Waals surface area contributed by atoms with Crippen LogP contribution < -0.4 is 0 Å². The number of ether oxygens (including phenoxy) is 1. The molecule has 1 rings (SSSR count). The molecule has 0 aromatic rings. The van der Waals surface area contributed by atoms with Gasteiger partial charge < -0.3 is 9.84 Å². The van der Waals surface area contributed by atoms with E-state index in [9.17, 15) is 14.4 Å². The molecule has 1 N–H and O–H groups in total. The van der Waals surface area contributed by atoms with E-state index in [0.29, 0.717) is 11.3 Å². The number of carboxylic acid groups (broad SMARTS) is 1. The average Bonchev–Trinajstić information content (AvgIpc) is 2.36. The molecule has 0 saturated carbocycles. The molecule has 2 amide bonds. The smallest absolute Gasteiger partial charge is 0.414 e. The largest absolute Gasteiger partial charge is 0.465 e. The highest BCUT2D eigenvalue weighted by atomic mass is 16.5. The summed E-state index contributed by atoms with van der Waals surface area (Å²) in [6, 6.07) is 0. The molecule has 0 aromatic carbocycles. The van der Waals surface area contributed by atoms with Gasteiger partial charge >= 0.3 is 12.1 Å². The Morgan fingerprint density at radius 2 is 2.00 bits per heavy atom. The van der Waals surface area contributed by atoms with Gasteiger partial charge in [0.05, 0.1) is 12.5 Å². The van der Waals surface area contributed by atoms with Crippen molar-refractivity contribution in [3.05, 3.63) is 6.54 Å². The summed E-state index contributed by atoms with van der Waals surface area (Å²) >= 11 is 0. The number of rotatable bonds is 8. The molecule has 0 bridgehead atoms. The zero-order valence-corrected chi connectivity index (χ0v) is 12.0. The van der Waals surface area contributed by atoms with Gasteiger partial charge in [-0.05, 0) is 13.3 Å². The summed E-state index contributed by atoms with van der Waals surface area (Å²) in [4.78, 5) is 34.2. The number of nitrogens with zero attached hydrogens (tertiary/aromatic N) is 1. The van der Waals surface area contributed by atoms with E-state index < -0.39 is 24.0 Å². The maximum Gasteiger partial charge on any atom is 0.414 e. The molecule has 113 valence electrons. The monoisotopic (exact) mass is 284 g/mol. The van der Waals surface area contributed by atoms with E-state index in [2.05, 4.69) is 6.92 Å². The van der Waals surface area contributed by atoms with Crippen molar-refractivity contribution in [1.82, 2.24) is 4.90 Å². The molecule has 6 nitrogen and oxygen atoms in total. The van der Waals surface area contributed by atoms with Gasteiger partial charge in [-0.3, -0.25) is 9.59 Å². The van der Waals surface area contributed by atoms with E-state index in [1.54, 1.807) is 6.92 Å². The normalized spacial score (nSPS) is 19.4. The minimum absolute atomic E-state index is 0.330. The number of carbonyl (C=O) groups is 3. The van der Waals surface area contributed by atoms with Gasteiger partial charge in [-0.25, -0.2) is 9.69 Å². The van der Waals surface area contributed by atoms with Crippen LogP contribution in [0.15, 0.2) is 0 Å². The molecule has 1 fully saturated rings. The Labute approximate surface area is 119 Å². The molecular weight excluding hydrogens is 262 g/mol. The summed E-state index contributed by atoms with van der Waals surface area (Å²) in [5.41, 5.74) is 0. The zero-order valence-electron chi connectivity index (χ0n) is 12.0. The summed E-state index contributed by atoms with van der Waals surface area (Å²) < 4.78 is 5.15. The van der Waals surface area contributed by atoms with E-state index in [0.717, 1.165) is 25.7 Å². The second-order valence-electron chi connectivity index (χ2n) is 5.02. The van der Waals surface area contributed by atoms with Crippen molar-refractivity contribution in [1.29, 1.82) is 0 Å². The second kappa shape index (κ2) is 7.87. The predicted molar refractivity (Wildman–Crippen MR) is 71.6 cm³/mol. The Morgan fingerprint density at radius 3 is 2.55 bits per heavy atom. The maximum atomic E-state index is 11.6. The molecule has 2 unspecified atom stereocenters. The number of amides is 2. The van der Waals surface area contributed by atoms with Crippen LogP contribution in [0.1, 0.15) is 52.4 Å². The van der Waals surface area contributed by atoms with Crippen molar-refractivity contribution >= 4 is 18.0 Å². The number of unbranched alkanes of at least 4 members (excludes halogenated alkanes) is 4. The fourth-order valence-corrected chi connectivity index (χ4v) is 2.07. The van der Waals surface area contributed by atoms with Gasteiger partial charge in [-0.15, -0.1) is 0 Å². The van der Waals surface area contributed by atoms with Crippen LogP contribution in [-0.4, -0.2) is 34.1 Å². The van der Waals surface area contributed by atoms with Crippen LogP contribution in [0.25, 0.3) is 0 Å². The number of carbonyl (C=O) groups excluding carboxylic acids is 2. The summed E-state index contributed by atoms with van der Waals surface area (Å²) in [5, 5.41) is 8.64. The first-order valence-corrected chi connectivity index (χ1v) is 7.07. The molecule has 0 aromatic heterocycles. The predicted octanol–water partition coefficient (Wildman–Crippen LogP) is 2.58. The molecular formula is C14H22NO5. The summed E-state index contributed by atoms with van der Waals surface area (Å²) in [6.07, 6.45) is 3.65. The van der Waals surface area contributed by atoms with E-state index in [1.807, 2.05) is 0 Å². The Morgan fingerprint density at radius 1 is 1.35 bits per heavy atom. The number of esters is 1. The third kappa shape index (κ3) is 4.51. The van der Waals surface area contributed by atoms with Gasteiger partial charge in [0.15, 0.2) is 0 Å². The first-order chi connectivity index (χ1) is 9.47. The Bertz CT molecular complexity index is 369. The second-order valence-corrected chi connectivity index (χ2v) is 5.02. The number of hydrogen-bond acceptors (Lipinski definition) is 4. The molecule has 1 radical (unpaired) electrons. The van der Waals surface area contributed by atoms with E-state index >= 15 is 0 Å². The minimum Gasteiger partial charge on any atom is -0.465 e. The van der Waals surface area contributed by atoms with Crippen LogP contribution in [0.4, 0.5) is 4.79 Å². The van der Waals surface area contributed by atoms with Crippen molar-refractivity contribution in [2.75, 3.05) is 0 Å². The number of likely N-dealkylation sites (tertiary alicyclic amines) is 1. The van der Waals surface area contributed by atoms with Crippen molar-refractivity contribution in [2.45, 2.75) is 58.5 Å². The third-order valence-corrected chi connectivity index (χ3v) is 3.35. The van der Waals surface area contributed by atoms with Gasteiger partial charge in [0.2, 0.25) is 5.91 Å². The van der Waals surface area contributed by atoms with E-state index in [4.69, 9.17) is 9.84 Å². The summed E-state index contributed by atoms with van der Waals surface area (Å²) in [5.74, 6) is -1.51. The van der Waals surface area contributed by atoms with Crippen LogP contribution in [0.5, 0.6) is 0 Å². The van der Waals surface area contributed by atoms with Crippen molar-refractivity contribution in [3.63, 3.8) is 0 Å². The van der Waals surface area contributed by atoms with Crippen molar-refractivity contribution in [2.24, 2.45) is 5.92 Å².